The van der Waals surface area contributed by atoms with Gasteiger partial charge in [-0.3, -0.25) is 0 Å². The smallest absolute Gasteiger partial charge is 0.124 e. The first-order valence-electron chi connectivity index (χ1n) is 4.54. The third-order valence-electron chi connectivity index (χ3n) is 2.21. The summed E-state index contributed by atoms with van der Waals surface area (Å²) >= 11 is 0. The van der Waals surface area contributed by atoms with E-state index in [2.05, 4.69) is 6.07 Å². The number of aromatic hydroxyl groups is 1. The Morgan fingerprint density at radius 1 is 1.00 bits per heavy atom. The van der Waals surface area contributed by atoms with Crippen molar-refractivity contribution in [3.8, 4) is 16.9 Å². The van der Waals surface area contributed by atoms with Crippen LogP contribution in [-0.4, -0.2) is 5.11 Å². The number of rotatable bonds is 1. The van der Waals surface area contributed by atoms with E-state index in [0.717, 1.165) is 11.1 Å². The van der Waals surface area contributed by atoms with Crippen molar-refractivity contribution in [3.05, 3.63) is 54.1 Å². The van der Waals surface area contributed by atoms with Gasteiger partial charge in [-0.2, -0.15) is 0 Å². The molecule has 1 N–H and O–H groups in total. The van der Waals surface area contributed by atoms with E-state index in [1.807, 2.05) is 43.3 Å². The molecule has 0 atom stereocenters. The highest BCUT2D eigenvalue weighted by Crippen LogP contribution is 2.24. The summed E-state index contributed by atoms with van der Waals surface area (Å²) in [5, 5.41) is 9.31. The van der Waals surface area contributed by atoms with E-state index < -0.39 is 0 Å². The number of phenols is 1. The summed E-state index contributed by atoms with van der Waals surface area (Å²) in [7, 11) is 0. The van der Waals surface area contributed by atoms with Gasteiger partial charge in [-0.15, -0.1) is 0 Å². The molecule has 1 radical (unpaired) electrons. The quantitative estimate of drug-likeness (QED) is 0.720. The zero-order valence-electron chi connectivity index (χ0n) is 7.99. The molecule has 0 aromatic heterocycles. The Balaban J connectivity index is 2.55. The highest BCUT2D eigenvalue weighted by Gasteiger charge is 2.01. The molecule has 0 aliphatic carbocycles. The number of phenolic OH excluding ortho intramolecular Hbond substituents is 1. The van der Waals surface area contributed by atoms with Gasteiger partial charge in [-0.1, -0.05) is 36.4 Å². The molecule has 0 aliphatic heterocycles. The SMILES string of the molecule is Cc1ccccc1-c1[c]c(O)ccc1. The highest BCUT2D eigenvalue weighted by atomic mass is 16.3. The summed E-state index contributed by atoms with van der Waals surface area (Å²) in [6.07, 6.45) is 0. The Hall–Kier alpha value is -1.76. The number of hydrogen-bond donors (Lipinski definition) is 1. The monoisotopic (exact) mass is 183 g/mol. The summed E-state index contributed by atoms with van der Waals surface area (Å²) < 4.78 is 0. The summed E-state index contributed by atoms with van der Waals surface area (Å²) in [5.74, 6) is 0.186. The van der Waals surface area contributed by atoms with E-state index in [0.29, 0.717) is 0 Å². The second-order valence-corrected chi connectivity index (χ2v) is 3.26. The average Bonchev–Trinajstić information content (AvgIpc) is 2.18. The van der Waals surface area contributed by atoms with Gasteiger partial charge in [0.1, 0.15) is 5.75 Å². The summed E-state index contributed by atoms with van der Waals surface area (Å²) in [5.41, 5.74) is 3.24. The van der Waals surface area contributed by atoms with Gasteiger partial charge in [0.05, 0.1) is 0 Å². The Kier molecular flexibility index (Phi) is 2.23. The number of aryl methyl sites for hydroxylation is 1. The van der Waals surface area contributed by atoms with Crippen LogP contribution in [0.15, 0.2) is 42.5 Å². The predicted molar refractivity (Wildman–Crippen MR) is 57.1 cm³/mol. The van der Waals surface area contributed by atoms with Crippen LogP contribution in [0.5, 0.6) is 5.75 Å². The molecular formula is C13H11O. The summed E-state index contributed by atoms with van der Waals surface area (Å²) in [6, 6.07) is 16.4. The normalized spacial score (nSPS) is 10.1. The molecule has 1 heteroatoms. The van der Waals surface area contributed by atoms with E-state index >= 15 is 0 Å². The van der Waals surface area contributed by atoms with E-state index in [4.69, 9.17) is 0 Å². The largest absolute Gasteiger partial charge is 0.507 e. The first-order chi connectivity index (χ1) is 6.77. The molecule has 14 heavy (non-hydrogen) atoms. The van der Waals surface area contributed by atoms with E-state index in [1.54, 1.807) is 6.07 Å². The Bertz CT molecular complexity index is 446. The maximum absolute atomic E-state index is 9.31. The van der Waals surface area contributed by atoms with Gasteiger partial charge in [0.15, 0.2) is 0 Å². The molecule has 0 spiro atoms. The Labute approximate surface area is 83.6 Å². The summed E-state index contributed by atoms with van der Waals surface area (Å²) in [6.45, 7) is 2.05. The molecule has 0 fully saturated rings. The van der Waals surface area contributed by atoms with E-state index in [-0.39, 0.29) is 5.75 Å². The Morgan fingerprint density at radius 3 is 2.50 bits per heavy atom. The van der Waals surface area contributed by atoms with Gasteiger partial charge in [-0.05, 0) is 29.7 Å². The third kappa shape index (κ3) is 1.62. The molecule has 0 amide bonds. The highest BCUT2D eigenvalue weighted by molar-refractivity contribution is 5.67. The van der Waals surface area contributed by atoms with Crippen molar-refractivity contribution in [2.45, 2.75) is 6.92 Å². The van der Waals surface area contributed by atoms with Crippen LogP contribution >= 0.6 is 0 Å². The van der Waals surface area contributed by atoms with Gasteiger partial charge in [-0.25, -0.2) is 0 Å². The first-order valence-corrected chi connectivity index (χ1v) is 4.54. The number of benzene rings is 2. The van der Waals surface area contributed by atoms with Crippen molar-refractivity contribution in [3.63, 3.8) is 0 Å². The number of hydrogen-bond acceptors (Lipinski definition) is 1. The first kappa shape index (κ1) is 8.82. The molecule has 0 saturated carbocycles. The molecule has 1 nitrogen and oxygen atoms in total. The van der Waals surface area contributed by atoms with Crippen molar-refractivity contribution in [1.82, 2.24) is 0 Å². The topological polar surface area (TPSA) is 20.2 Å². The minimum Gasteiger partial charge on any atom is -0.507 e. The van der Waals surface area contributed by atoms with E-state index in [1.165, 1.54) is 5.56 Å². The van der Waals surface area contributed by atoms with Gasteiger partial charge >= 0.3 is 0 Å². The lowest BCUT2D eigenvalue weighted by atomic mass is 10.0. The van der Waals surface area contributed by atoms with Crippen LogP contribution in [0.3, 0.4) is 0 Å². The minimum absolute atomic E-state index is 0.186. The summed E-state index contributed by atoms with van der Waals surface area (Å²) in [4.78, 5) is 0. The molecule has 0 saturated heterocycles. The molecule has 0 unspecified atom stereocenters. The van der Waals surface area contributed by atoms with Crippen LogP contribution in [-0.2, 0) is 0 Å². The fraction of sp³-hybridized carbons (Fsp3) is 0.0769. The van der Waals surface area contributed by atoms with Gasteiger partial charge in [0.25, 0.3) is 0 Å². The fourth-order valence-corrected chi connectivity index (χ4v) is 1.49. The van der Waals surface area contributed by atoms with Gasteiger partial charge in [0, 0.05) is 6.07 Å². The maximum atomic E-state index is 9.31. The van der Waals surface area contributed by atoms with Gasteiger partial charge in [0.2, 0.25) is 0 Å². The molecule has 0 heterocycles. The third-order valence-corrected chi connectivity index (χ3v) is 2.21. The predicted octanol–water partition coefficient (Wildman–Crippen LogP) is 3.17. The molecule has 2 aromatic rings. The second kappa shape index (κ2) is 3.54. The average molecular weight is 183 g/mol. The lowest BCUT2D eigenvalue weighted by Crippen LogP contribution is -1.81. The van der Waals surface area contributed by atoms with Crippen LogP contribution in [0.25, 0.3) is 11.1 Å². The second-order valence-electron chi connectivity index (χ2n) is 3.26. The van der Waals surface area contributed by atoms with Crippen LogP contribution in [0.1, 0.15) is 5.56 Å². The molecule has 69 valence electrons. The molecule has 0 aliphatic rings. The lowest BCUT2D eigenvalue weighted by Gasteiger charge is -2.04. The van der Waals surface area contributed by atoms with Crippen molar-refractivity contribution in [2.75, 3.05) is 0 Å². The minimum atomic E-state index is 0.186. The molecule has 0 bridgehead atoms. The lowest BCUT2D eigenvalue weighted by molar-refractivity contribution is 0.474. The van der Waals surface area contributed by atoms with Crippen LogP contribution < -0.4 is 0 Å². The van der Waals surface area contributed by atoms with Crippen LogP contribution in [0.2, 0.25) is 0 Å². The zero-order valence-corrected chi connectivity index (χ0v) is 7.99. The van der Waals surface area contributed by atoms with Crippen LogP contribution in [0.4, 0.5) is 0 Å². The van der Waals surface area contributed by atoms with Crippen LogP contribution in [0, 0.1) is 13.0 Å². The van der Waals surface area contributed by atoms with Gasteiger partial charge < -0.3 is 5.11 Å². The molecule has 2 rings (SSSR count). The molecule has 2 aromatic carbocycles. The standard InChI is InChI=1S/C13H11O/c1-10-5-2-3-8-13(10)11-6-4-7-12(14)9-11/h2-8,14H,1H3. The van der Waals surface area contributed by atoms with Crippen molar-refractivity contribution < 1.29 is 5.11 Å². The molecular weight excluding hydrogens is 172 g/mol. The van der Waals surface area contributed by atoms with Crippen molar-refractivity contribution in [1.29, 1.82) is 0 Å². The van der Waals surface area contributed by atoms with Crippen molar-refractivity contribution in [2.24, 2.45) is 0 Å². The zero-order chi connectivity index (χ0) is 9.97. The van der Waals surface area contributed by atoms with E-state index in [9.17, 15) is 5.11 Å². The Morgan fingerprint density at radius 2 is 1.79 bits per heavy atom. The van der Waals surface area contributed by atoms with Crippen molar-refractivity contribution >= 4 is 0 Å². The maximum Gasteiger partial charge on any atom is 0.124 e. The fourth-order valence-electron chi connectivity index (χ4n) is 1.49.